The standard InChI is InChI=1S/C14H20F3N3OS/c1-13(2,3)11-19-20-12(22-11)18-10(21)8-5-4-6-9(7-8)14(15,16)17/h8-9H,4-7H2,1-3H3,(H,18,20,21). The molecule has 124 valence electrons. The predicted molar refractivity (Wildman–Crippen MR) is 78.7 cm³/mol. The van der Waals surface area contributed by atoms with Gasteiger partial charge in [-0.25, -0.2) is 0 Å². The molecule has 1 aliphatic carbocycles. The molecule has 2 atom stereocenters. The van der Waals surface area contributed by atoms with Crippen LogP contribution in [0.5, 0.6) is 0 Å². The van der Waals surface area contributed by atoms with Gasteiger partial charge in [-0.15, -0.1) is 10.2 Å². The summed E-state index contributed by atoms with van der Waals surface area (Å²) in [6.45, 7) is 5.94. The van der Waals surface area contributed by atoms with Gasteiger partial charge >= 0.3 is 6.18 Å². The van der Waals surface area contributed by atoms with Gasteiger partial charge in [0, 0.05) is 11.3 Å². The number of halogens is 3. The van der Waals surface area contributed by atoms with Gasteiger partial charge in [-0.05, 0) is 19.3 Å². The highest BCUT2D eigenvalue weighted by molar-refractivity contribution is 7.15. The lowest BCUT2D eigenvalue weighted by molar-refractivity contribution is -0.185. The number of anilines is 1. The number of hydrogen-bond acceptors (Lipinski definition) is 4. The largest absolute Gasteiger partial charge is 0.391 e. The molecule has 0 aliphatic heterocycles. The normalized spacial score (nSPS) is 23.4. The molecule has 0 spiro atoms. The molecule has 1 saturated carbocycles. The van der Waals surface area contributed by atoms with Crippen LogP contribution >= 0.6 is 11.3 Å². The maximum absolute atomic E-state index is 12.8. The summed E-state index contributed by atoms with van der Waals surface area (Å²) < 4.78 is 38.4. The Kier molecular flexibility index (Phi) is 4.79. The number of hydrogen-bond donors (Lipinski definition) is 1. The molecule has 1 N–H and O–H groups in total. The van der Waals surface area contributed by atoms with Crippen molar-refractivity contribution in [3.8, 4) is 0 Å². The minimum Gasteiger partial charge on any atom is -0.300 e. The smallest absolute Gasteiger partial charge is 0.300 e. The van der Waals surface area contributed by atoms with Crippen molar-refractivity contribution in [2.24, 2.45) is 11.8 Å². The van der Waals surface area contributed by atoms with Gasteiger partial charge in [-0.2, -0.15) is 13.2 Å². The van der Waals surface area contributed by atoms with Gasteiger partial charge in [-0.1, -0.05) is 38.5 Å². The Morgan fingerprint density at radius 3 is 2.45 bits per heavy atom. The number of aromatic nitrogens is 2. The van der Waals surface area contributed by atoms with Crippen LogP contribution in [0.15, 0.2) is 0 Å². The third kappa shape index (κ3) is 4.18. The van der Waals surface area contributed by atoms with E-state index in [9.17, 15) is 18.0 Å². The summed E-state index contributed by atoms with van der Waals surface area (Å²) in [4.78, 5) is 12.2. The van der Waals surface area contributed by atoms with Crippen molar-refractivity contribution in [1.29, 1.82) is 0 Å². The van der Waals surface area contributed by atoms with E-state index in [0.29, 0.717) is 18.0 Å². The van der Waals surface area contributed by atoms with Crippen LogP contribution in [0.2, 0.25) is 0 Å². The molecule has 1 amide bonds. The predicted octanol–water partition coefficient (Wildman–Crippen LogP) is 4.14. The maximum Gasteiger partial charge on any atom is 0.391 e. The van der Waals surface area contributed by atoms with E-state index < -0.39 is 18.0 Å². The topological polar surface area (TPSA) is 54.9 Å². The van der Waals surface area contributed by atoms with E-state index in [0.717, 1.165) is 5.01 Å². The Morgan fingerprint density at radius 1 is 1.23 bits per heavy atom. The fourth-order valence-electron chi connectivity index (χ4n) is 2.51. The molecule has 0 radical (unpaired) electrons. The number of nitrogens with zero attached hydrogens (tertiary/aromatic N) is 2. The molecule has 4 nitrogen and oxygen atoms in total. The third-order valence-electron chi connectivity index (χ3n) is 3.80. The second-order valence-corrected chi connectivity index (χ2v) is 7.73. The molecule has 1 heterocycles. The van der Waals surface area contributed by atoms with Crippen LogP contribution in [0.4, 0.5) is 18.3 Å². The molecule has 0 saturated heterocycles. The van der Waals surface area contributed by atoms with Gasteiger partial charge in [0.05, 0.1) is 5.92 Å². The zero-order valence-corrected chi connectivity index (χ0v) is 13.6. The van der Waals surface area contributed by atoms with Crippen LogP contribution in [-0.2, 0) is 10.2 Å². The highest BCUT2D eigenvalue weighted by Gasteiger charge is 2.43. The van der Waals surface area contributed by atoms with Gasteiger partial charge in [0.15, 0.2) is 0 Å². The van der Waals surface area contributed by atoms with Gasteiger partial charge in [-0.3, -0.25) is 4.79 Å². The molecular formula is C14H20F3N3OS. The molecular weight excluding hydrogens is 315 g/mol. The Balaban J connectivity index is 1.99. The minimum atomic E-state index is -4.22. The molecule has 0 aromatic carbocycles. The summed E-state index contributed by atoms with van der Waals surface area (Å²) in [5, 5.41) is 11.7. The average molecular weight is 335 g/mol. The van der Waals surface area contributed by atoms with E-state index >= 15 is 0 Å². The fourth-order valence-corrected chi connectivity index (χ4v) is 3.31. The second-order valence-electron chi connectivity index (χ2n) is 6.75. The Bertz CT molecular complexity index is 536. The van der Waals surface area contributed by atoms with Crippen LogP contribution < -0.4 is 5.32 Å². The summed E-state index contributed by atoms with van der Waals surface area (Å²) in [6.07, 6.45) is -3.34. The first-order valence-electron chi connectivity index (χ1n) is 7.29. The zero-order chi connectivity index (χ0) is 16.5. The highest BCUT2D eigenvalue weighted by Crippen LogP contribution is 2.40. The Hall–Kier alpha value is -1.18. The zero-order valence-electron chi connectivity index (χ0n) is 12.8. The number of carbonyl (C=O) groups excluding carboxylic acids is 1. The molecule has 1 aromatic heterocycles. The molecule has 8 heteroatoms. The molecule has 0 bridgehead atoms. The molecule has 1 aromatic rings. The first kappa shape index (κ1) is 17.2. The Morgan fingerprint density at radius 2 is 1.91 bits per heavy atom. The number of rotatable bonds is 2. The van der Waals surface area contributed by atoms with E-state index in [-0.39, 0.29) is 24.2 Å². The molecule has 1 fully saturated rings. The fraction of sp³-hybridized carbons (Fsp3) is 0.786. The average Bonchev–Trinajstić information content (AvgIpc) is 2.86. The van der Waals surface area contributed by atoms with Crippen LogP contribution in [0.1, 0.15) is 51.5 Å². The summed E-state index contributed by atoms with van der Waals surface area (Å²) >= 11 is 1.26. The van der Waals surface area contributed by atoms with Crippen LogP contribution in [0, 0.1) is 11.8 Å². The van der Waals surface area contributed by atoms with Crippen LogP contribution in [0.3, 0.4) is 0 Å². The van der Waals surface area contributed by atoms with Gasteiger partial charge < -0.3 is 5.32 Å². The summed E-state index contributed by atoms with van der Waals surface area (Å²) in [5.74, 6) is -2.37. The lowest BCUT2D eigenvalue weighted by atomic mass is 9.80. The van der Waals surface area contributed by atoms with Crippen molar-refractivity contribution in [3.05, 3.63) is 5.01 Å². The van der Waals surface area contributed by atoms with E-state index in [2.05, 4.69) is 15.5 Å². The van der Waals surface area contributed by atoms with Crippen molar-refractivity contribution in [2.75, 3.05) is 5.32 Å². The SMILES string of the molecule is CC(C)(C)c1nnc(NC(=O)C2CCCC(C(F)(F)F)C2)s1. The van der Waals surface area contributed by atoms with Crippen molar-refractivity contribution < 1.29 is 18.0 Å². The number of nitrogens with one attached hydrogen (secondary N) is 1. The lowest BCUT2D eigenvalue weighted by Gasteiger charge is -2.29. The first-order valence-corrected chi connectivity index (χ1v) is 8.10. The maximum atomic E-state index is 12.8. The minimum absolute atomic E-state index is 0.111. The van der Waals surface area contributed by atoms with E-state index in [1.165, 1.54) is 11.3 Å². The number of alkyl halides is 3. The number of amides is 1. The summed E-state index contributed by atoms with van der Waals surface area (Å²) in [6, 6.07) is 0. The molecule has 2 rings (SSSR count). The molecule has 22 heavy (non-hydrogen) atoms. The van der Waals surface area contributed by atoms with E-state index in [4.69, 9.17) is 0 Å². The van der Waals surface area contributed by atoms with Crippen molar-refractivity contribution in [1.82, 2.24) is 10.2 Å². The lowest BCUT2D eigenvalue weighted by Crippen LogP contribution is -2.34. The summed E-state index contributed by atoms with van der Waals surface area (Å²) in [7, 11) is 0. The molecule has 2 unspecified atom stereocenters. The van der Waals surface area contributed by atoms with Crippen molar-refractivity contribution >= 4 is 22.4 Å². The highest BCUT2D eigenvalue weighted by atomic mass is 32.1. The van der Waals surface area contributed by atoms with Gasteiger partial charge in [0.1, 0.15) is 5.01 Å². The first-order chi connectivity index (χ1) is 10.1. The third-order valence-corrected chi connectivity index (χ3v) is 5.07. The van der Waals surface area contributed by atoms with Gasteiger partial charge in [0.2, 0.25) is 11.0 Å². The van der Waals surface area contributed by atoms with Gasteiger partial charge in [0.25, 0.3) is 0 Å². The van der Waals surface area contributed by atoms with E-state index in [1.807, 2.05) is 20.8 Å². The quantitative estimate of drug-likeness (QED) is 0.883. The Labute approximate surface area is 131 Å². The monoisotopic (exact) mass is 335 g/mol. The van der Waals surface area contributed by atoms with Crippen molar-refractivity contribution in [2.45, 2.75) is 58.0 Å². The second kappa shape index (κ2) is 6.14. The van der Waals surface area contributed by atoms with Crippen LogP contribution in [-0.4, -0.2) is 22.3 Å². The van der Waals surface area contributed by atoms with Crippen LogP contribution in [0.25, 0.3) is 0 Å². The number of carbonyl (C=O) groups is 1. The van der Waals surface area contributed by atoms with Crippen molar-refractivity contribution in [3.63, 3.8) is 0 Å². The summed E-state index contributed by atoms with van der Waals surface area (Å²) in [5.41, 5.74) is -0.174. The molecule has 1 aliphatic rings. The van der Waals surface area contributed by atoms with E-state index in [1.54, 1.807) is 0 Å².